The number of carbonyl (C=O) groups is 2. The van der Waals surface area contributed by atoms with Crippen LogP contribution in [0.25, 0.3) is 0 Å². The first-order valence-corrected chi connectivity index (χ1v) is 8.34. The molecule has 9 heteroatoms. The van der Waals surface area contributed by atoms with Gasteiger partial charge in [-0.05, 0) is 25.0 Å². The van der Waals surface area contributed by atoms with Gasteiger partial charge in [0.05, 0.1) is 0 Å². The molecule has 0 radical (unpaired) electrons. The van der Waals surface area contributed by atoms with Crippen LogP contribution in [0, 0.1) is 11.7 Å². The van der Waals surface area contributed by atoms with Crippen LogP contribution in [-0.2, 0) is 19.6 Å². The van der Waals surface area contributed by atoms with Crippen molar-refractivity contribution in [3.8, 4) is 0 Å². The van der Waals surface area contributed by atoms with Crippen molar-refractivity contribution < 1.29 is 27.5 Å². The molecule has 0 aliphatic carbocycles. The second-order valence-electron chi connectivity index (χ2n) is 5.34. The van der Waals surface area contributed by atoms with Crippen molar-refractivity contribution >= 4 is 21.9 Å². The molecule has 1 aromatic carbocycles. The Kier molecular flexibility index (Phi) is 6.22. The first kappa shape index (κ1) is 19.0. The van der Waals surface area contributed by atoms with E-state index in [1.54, 1.807) is 13.8 Å². The SMILES string of the molecule is CC(C)C(NS(=O)(=O)c1ccccc1F)C(=O)N[C@H](C)C(=O)O. The lowest BCUT2D eigenvalue weighted by Gasteiger charge is -2.22. The van der Waals surface area contributed by atoms with Crippen molar-refractivity contribution in [3.05, 3.63) is 30.1 Å². The van der Waals surface area contributed by atoms with E-state index >= 15 is 0 Å². The van der Waals surface area contributed by atoms with E-state index in [0.29, 0.717) is 0 Å². The maximum Gasteiger partial charge on any atom is 0.325 e. The van der Waals surface area contributed by atoms with Crippen LogP contribution in [0.5, 0.6) is 0 Å². The molecule has 0 heterocycles. The Morgan fingerprint density at radius 1 is 1.17 bits per heavy atom. The number of carboxylic acid groups (broad SMARTS) is 1. The molecule has 0 fully saturated rings. The summed E-state index contributed by atoms with van der Waals surface area (Å²) in [7, 11) is -4.27. The van der Waals surface area contributed by atoms with Gasteiger partial charge in [0.2, 0.25) is 15.9 Å². The number of nitrogens with one attached hydrogen (secondary N) is 2. The largest absolute Gasteiger partial charge is 0.480 e. The maximum atomic E-state index is 13.7. The fourth-order valence-electron chi connectivity index (χ4n) is 1.75. The third-order valence-electron chi connectivity index (χ3n) is 3.09. The van der Waals surface area contributed by atoms with E-state index in [1.165, 1.54) is 19.1 Å². The van der Waals surface area contributed by atoms with Crippen LogP contribution in [0.15, 0.2) is 29.2 Å². The van der Waals surface area contributed by atoms with Crippen LogP contribution in [0.2, 0.25) is 0 Å². The Bertz CT molecular complexity index is 690. The normalized spacial score (nSPS) is 14.3. The number of halogens is 1. The lowest BCUT2D eigenvalue weighted by molar-refractivity contribution is -0.141. The summed E-state index contributed by atoms with van der Waals surface area (Å²) in [6, 6.07) is 2.35. The van der Waals surface area contributed by atoms with Crippen LogP contribution in [0.1, 0.15) is 20.8 Å². The third kappa shape index (κ3) is 5.00. The smallest absolute Gasteiger partial charge is 0.325 e. The predicted molar refractivity (Wildman–Crippen MR) is 80.6 cm³/mol. The number of amides is 1. The van der Waals surface area contributed by atoms with E-state index in [-0.39, 0.29) is 0 Å². The molecule has 0 bridgehead atoms. The Balaban J connectivity index is 3.02. The van der Waals surface area contributed by atoms with Crippen molar-refractivity contribution in [2.24, 2.45) is 5.92 Å². The fraction of sp³-hybridized carbons (Fsp3) is 0.429. The van der Waals surface area contributed by atoms with Gasteiger partial charge < -0.3 is 10.4 Å². The molecule has 128 valence electrons. The molecular weight excluding hydrogens is 327 g/mol. The Labute approximate surface area is 133 Å². The van der Waals surface area contributed by atoms with E-state index in [1.807, 2.05) is 0 Å². The van der Waals surface area contributed by atoms with Gasteiger partial charge in [0.1, 0.15) is 22.8 Å². The van der Waals surface area contributed by atoms with Crippen LogP contribution in [-0.4, -0.2) is 37.5 Å². The zero-order valence-corrected chi connectivity index (χ0v) is 13.7. The van der Waals surface area contributed by atoms with Gasteiger partial charge in [-0.1, -0.05) is 26.0 Å². The van der Waals surface area contributed by atoms with Crippen LogP contribution < -0.4 is 10.0 Å². The first-order valence-electron chi connectivity index (χ1n) is 6.86. The number of rotatable bonds is 7. The molecule has 7 nitrogen and oxygen atoms in total. The molecule has 0 aromatic heterocycles. The second-order valence-corrected chi connectivity index (χ2v) is 7.02. The molecular formula is C14H19FN2O5S. The lowest BCUT2D eigenvalue weighted by atomic mass is 10.0. The van der Waals surface area contributed by atoms with E-state index in [0.717, 1.165) is 12.1 Å². The first-order chi connectivity index (χ1) is 10.6. The molecule has 0 aliphatic rings. The summed E-state index contributed by atoms with van der Waals surface area (Å²) in [6.07, 6.45) is 0. The van der Waals surface area contributed by atoms with E-state index in [4.69, 9.17) is 5.11 Å². The number of carbonyl (C=O) groups excluding carboxylic acids is 1. The molecule has 23 heavy (non-hydrogen) atoms. The Morgan fingerprint density at radius 3 is 2.22 bits per heavy atom. The van der Waals surface area contributed by atoms with Gasteiger partial charge in [0.25, 0.3) is 0 Å². The minimum Gasteiger partial charge on any atom is -0.480 e. The van der Waals surface area contributed by atoms with Crippen LogP contribution in [0.3, 0.4) is 0 Å². The zero-order valence-electron chi connectivity index (χ0n) is 12.9. The van der Waals surface area contributed by atoms with Crippen LogP contribution >= 0.6 is 0 Å². The number of hydrogen-bond acceptors (Lipinski definition) is 4. The molecule has 0 saturated carbocycles. The van der Waals surface area contributed by atoms with Gasteiger partial charge in [-0.3, -0.25) is 9.59 Å². The van der Waals surface area contributed by atoms with Crippen molar-refractivity contribution in [1.82, 2.24) is 10.0 Å². The van der Waals surface area contributed by atoms with E-state index in [9.17, 15) is 22.4 Å². The highest BCUT2D eigenvalue weighted by molar-refractivity contribution is 7.89. The summed E-state index contributed by atoms with van der Waals surface area (Å²) in [4.78, 5) is 22.3. The number of aliphatic carboxylic acids is 1. The molecule has 1 rings (SSSR count). The minimum absolute atomic E-state index is 0.474. The van der Waals surface area contributed by atoms with Gasteiger partial charge in [-0.25, -0.2) is 12.8 Å². The monoisotopic (exact) mass is 346 g/mol. The summed E-state index contributed by atoms with van der Waals surface area (Å²) in [6.45, 7) is 4.42. The molecule has 1 unspecified atom stereocenters. The minimum atomic E-state index is -4.27. The molecule has 0 saturated heterocycles. The van der Waals surface area contributed by atoms with Crippen LogP contribution in [0.4, 0.5) is 4.39 Å². The van der Waals surface area contributed by atoms with Gasteiger partial charge in [0, 0.05) is 0 Å². The molecule has 1 amide bonds. The summed E-state index contributed by atoms with van der Waals surface area (Å²) in [5.74, 6) is -3.47. The molecule has 1 aromatic rings. The number of hydrogen-bond donors (Lipinski definition) is 3. The average molecular weight is 346 g/mol. The number of carboxylic acids is 1. The Hall–Kier alpha value is -2.00. The highest BCUT2D eigenvalue weighted by atomic mass is 32.2. The quantitative estimate of drug-likeness (QED) is 0.673. The molecule has 0 aliphatic heterocycles. The number of benzene rings is 1. The standard InChI is InChI=1S/C14H19FN2O5S/c1-8(2)12(13(18)16-9(3)14(19)20)17-23(21,22)11-7-5-4-6-10(11)15/h4-9,12,17H,1-3H3,(H,16,18)(H,19,20)/t9-,12?/m1/s1. The van der Waals surface area contributed by atoms with Crippen molar-refractivity contribution in [3.63, 3.8) is 0 Å². The predicted octanol–water partition coefficient (Wildman–Crippen LogP) is 0.718. The fourth-order valence-corrected chi connectivity index (χ4v) is 3.17. The van der Waals surface area contributed by atoms with Gasteiger partial charge in [-0.2, -0.15) is 4.72 Å². The summed E-state index contributed by atoms with van der Waals surface area (Å²) < 4.78 is 40.3. The van der Waals surface area contributed by atoms with Crippen molar-refractivity contribution in [2.75, 3.05) is 0 Å². The summed E-state index contributed by atoms with van der Waals surface area (Å²) in [5, 5.41) is 11.0. The topological polar surface area (TPSA) is 113 Å². The van der Waals surface area contributed by atoms with Gasteiger partial charge in [-0.15, -0.1) is 0 Å². The van der Waals surface area contributed by atoms with Gasteiger partial charge in [0.15, 0.2) is 0 Å². The summed E-state index contributed by atoms with van der Waals surface area (Å²) >= 11 is 0. The van der Waals surface area contributed by atoms with Gasteiger partial charge >= 0.3 is 5.97 Å². The van der Waals surface area contributed by atoms with E-state index < -0.39 is 50.6 Å². The van der Waals surface area contributed by atoms with Crippen molar-refractivity contribution in [1.29, 1.82) is 0 Å². The van der Waals surface area contributed by atoms with E-state index in [2.05, 4.69) is 10.0 Å². The Morgan fingerprint density at radius 2 is 1.74 bits per heavy atom. The molecule has 3 N–H and O–H groups in total. The zero-order chi connectivity index (χ0) is 17.8. The molecule has 2 atom stereocenters. The summed E-state index contributed by atoms with van der Waals surface area (Å²) in [5.41, 5.74) is 0. The number of sulfonamides is 1. The highest BCUT2D eigenvalue weighted by Gasteiger charge is 2.31. The lowest BCUT2D eigenvalue weighted by Crippen LogP contribution is -2.52. The highest BCUT2D eigenvalue weighted by Crippen LogP contribution is 2.15. The second kappa shape index (κ2) is 7.51. The maximum absolute atomic E-state index is 13.7. The van der Waals surface area contributed by atoms with Crippen molar-refractivity contribution in [2.45, 2.75) is 37.8 Å². The third-order valence-corrected chi connectivity index (χ3v) is 4.56. The molecule has 0 spiro atoms. The average Bonchev–Trinajstić information content (AvgIpc) is 2.44.